The SMILES string of the molecule is C=C1CC(O[Si](C)(C)C(C)(C)C)[C@H](/C=C/C(O[Si](C)(C)C(C)(C)C)SCC#CC)[C@H]1C/C(Br)=C/CCCCO[Si](C)(C)C(C)(C)C. The summed E-state index contributed by atoms with van der Waals surface area (Å²) in [6, 6.07) is 0. The van der Waals surface area contributed by atoms with E-state index in [2.05, 4.69) is 154 Å². The van der Waals surface area contributed by atoms with Crippen molar-refractivity contribution in [2.45, 2.75) is 167 Å². The highest BCUT2D eigenvalue weighted by Crippen LogP contribution is 2.47. The number of hydrogen-bond donors (Lipinski definition) is 0. The molecule has 4 atom stereocenters. The quantitative estimate of drug-likeness (QED) is 0.0513. The van der Waals surface area contributed by atoms with E-state index in [1.807, 2.05) is 6.92 Å². The summed E-state index contributed by atoms with van der Waals surface area (Å²) in [7, 11) is -5.62. The Kier molecular flexibility index (Phi) is 17.2. The second-order valence-electron chi connectivity index (χ2n) is 17.8. The van der Waals surface area contributed by atoms with Crippen molar-refractivity contribution < 1.29 is 13.3 Å². The summed E-state index contributed by atoms with van der Waals surface area (Å²) in [5, 5.41) is 0.550. The number of allylic oxidation sites excluding steroid dienone is 2. The van der Waals surface area contributed by atoms with E-state index in [-0.39, 0.29) is 32.6 Å². The van der Waals surface area contributed by atoms with Crippen molar-refractivity contribution in [3.63, 3.8) is 0 Å². The molecule has 0 spiro atoms. The fourth-order valence-corrected chi connectivity index (χ4v) is 10.3. The number of rotatable bonds is 16. The highest BCUT2D eigenvalue weighted by Gasteiger charge is 2.45. The van der Waals surface area contributed by atoms with Crippen LogP contribution in [0.25, 0.3) is 0 Å². The van der Waals surface area contributed by atoms with Crippen molar-refractivity contribution in [2.24, 2.45) is 11.8 Å². The Hall–Kier alpha value is 0.141. The van der Waals surface area contributed by atoms with Crippen LogP contribution in [0.15, 0.2) is 34.9 Å². The van der Waals surface area contributed by atoms with Gasteiger partial charge in [-0.2, -0.15) is 0 Å². The predicted octanol–water partition coefficient (Wildman–Crippen LogP) is 13.1. The predicted molar refractivity (Wildman–Crippen MR) is 219 cm³/mol. The highest BCUT2D eigenvalue weighted by molar-refractivity contribution is 9.11. The summed E-state index contributed by atoms with van der Waals surface area (Å²) in [6.45, 7) is 42.3. The summed E-state index contributed by atoms with van der Waals surface area (Å²) in [6.07, 6.45) is 12.4. The second kappa shape index (κ2) is 17.9. The zero-order chi connectivity index (χ0) is 35.8. The van der Waals surface area contributed by atoms with E-state index in [9.17, 15) is 0 Å². The largest absolute Gasteiger partial charge is 0.417 e. The average molecular weight is 772 g/mol. The molecule has 0 heterocycles. The number of hydrogen-bond acceptors (Lipinski definition) is 4. The summed E-state index contributed by atoms with van der Waals surface area (Å²) < 4.78 is 21.7. The number of thioether (sulfide) groups is 1. The Labute approximate surface area is 302 Å². The molecule has 0 radical (unpaired) electrons. The first-order valence-electron chi connectivity index (χ1n) is 17.5. The zero-order valence-electron chi connectivity index (χ0n) is 32.7. The van der Waals surface area contributed by atoms with E-state index >= 15 is 0 Å². The number of unbranched alkanes of at least 4 members (excludes halogenated alkanes) is 2. The van der Waals surface area contributed by atoms with Crippen LogP contribution in [-0.2, 0) is 13.3 Å². The van der Waals surface area contributed by atoms with E-state index in [0.29, 0.717) is 5.92 Å². The normalized spacial score (nSPS) is 21.5. The van der Waals surface area contributed by atoms with E-state index in [1.165, 1.54) is 10.1 Å². The first kappa shape index (κ1) is 44.2. The van der Waals surface area contributed by atoms with E-state index < -0.39 is 25.0 Å². The van der Waals surface area contributed by atoms with Gasteiger partial charge in [0.1, 0.15) is 5.44 Å². The molecular weight excluding hydrogens is 701 g/mol. The first-order valence-corrected chi connectivity index (χ1v) is 28.0. The van der Waals surface area contributed by atoms with Gasteiger partial charge >= 0.3 is 0 Å². The molecule has 2 unspecified atom stereocenters. The summed E-state index contributed by atoms with van der Waals surface area (Å²) in [5.74, 6) is 7.63. The van der Waals surface area contributed by atoms with Gasteiger partial charge in [-0.25, -0.2) is 0 Å². The van der Waals surface area contributed by atoms with Crippen LogP contribution in [0.2, 0.25) is 54.4 Å². The summed E-state index contributed by atoms with van der Waals surface area (Å²) in [5.41, 5.74) is 1.27. The molecule has 0 aromatic rings. The molecule has 1 saturated carbocycles. The monoisotopic (exact) mass is 770 g/mol. The Morgan fingerprint density at radius 2 is 1.50 bits per heavy atom. The van der Waals surface area contributed by atoms with Gasteiger partial charge in [-0.3, -0.25) is 0 Å². The third-order valence-corrected chi connectivity index (χ3v) is 26.2. The maximum absolute atomic E-state index is 7.14. The molecule has 0 bridgehead atoms. The molecule has 1 aliphatic carbocycles. The molecule has 1 rings (SSSR count). The fraction of sp³-hybridized carbons (Fsp3) is 0.789. The van der Waals surface area contributed by atoms with Gasteiger partial charge in [-0.05, 0) is 104 Å². The molecule has 1 aliphatic rings. The van der Waals surface area contributed by atoms with Crippen molar-refractivity contribution >= 4 is 52.6 Å². The lowest BCUT2D eigenvalue weighted by Gasteiger charge is -2.40. The molecule has 0 aromatic heterocycles. The van der Waals surface area contributed by atoms with Gasteiger partial charge in [0.15, 0.2) is 25.0 Å². The van der Waals surface area contributed by atoms with Gasteiger partial charge in [0.2, 0.25) is 0 Å². The molecule has 0 saturated heterocycles. The topological polar surface area (TPSA) is 27.7 Å². The van der Waals surface area contributed by atoms with Gasteiger partial charge in [0.25, 0.3) is 0 Å². The minimum absolute atomic E-state index is 0.0303. The zero-order valence-corrected chi connectivity index (χ0v) is 38.1. The summed E-state index contributed by atoms with van der Waals surface area (Å²) in [4.78, 5) is 0. The lowest BCUT2D eigenvalue weighted by Crippen LogP contribution is -2.45. The lowest BCUT2D eigenvalue weighted by atomic mass is 9.89. The molecule has 8 heteroatoms. The molecule has 0 aromatic carbocycles. The molecule has 1 fully saturated rings. The van der Waals surface area contributed by atoms with Gasteiger partial charge in [0.05, 0.1) is 11.9 Å². The van der Waals surface area contributed by atoms with Crippen LogP contribution in [-0.4, -0.2) is 48.9 Å². The van der Waals surface area contributed by atoms with Gasteiger partial charge in [-0.15, -0.1) is 17.7 Å². The van der Waals surface area contributed by atoms with Gasteiger partial charge in [0, 0.05) is 12.5 Å². The van der Waals surface area contributed by atoms with E-state index in [0.717, 1.165) is 44.5 Å². The molecule has 3 nitrogen and oxygen atoms in total. The standard InChI is InChI=1S/C38H71BrO3SSi3/c1-18-19-27-43-35(42-46(16,17)38(9,10)11)25-24-32-33(30(2)28-34(32)41-45(14,15)37(6,7)8)29-31(39)23-21-20-22-26-40-44(12,13)36(3,4)5/h23-25,32-35H,2,20-22,26-29H2,1,3-17H3/b25-24+,31-23-/t32-,33+,34?,35?/m1/s1. The van der Waals surface area contributed by atoms with Crippen LogP contribution < -0.4 is 0 Å². The minimum atomic E-state index is -1.97. The molecule has 46 heavy (non-hydrogen) atoms. The van der Waals surface area contributed by atoms with Crippen LogP contribution in [0.3, 0.4) is 0 Å². The van der Waals surface area contributed by atoms with E-state index in [1.54, 1.807) is 11.8 Å². The molecule has 266 valence electrons. The van der Waals surface area contributed by atoms with E-state index in [4.69, 9.17) is 13.3 Å². The lowest BCUT2D eigenvalue weighted by molar-refractivity contribution is 0.148. The van der Waals surface area contributed by atoms with Crippen molar-refractivity contribution in [3.8, 4) is 11.8 Å². The van der Waals surface area contributed by atoms with Crippen LogP contribution in [0, 0.1) is 23.7 Å². The van der Waals surface area contributed by atoms with Crippen molar-refractivity contribution in [2.75, 3.05) is 12.4 Å². The van der Waals surface area contributed by atoms with Crippen LogP contribution in [0.4, 0.5) is 0 Å². The minimum Gasteiger partial charge on any atom is -0.417 e. The smallest absolute Gasteiger partial charge is 0.194 e. The maximum atomic E-state index is 7.14. The third-order valence-electron chi connectivity index (χ3n) is 11.0. The van der Waals surface area contributed by atoms with Crippen LogP contribution in [0.1, 0.15) is 101 Å². The highest BCUT2D eigenvalue weighted by atomic mass is 79.9. The fourth-order valence-electron chi connectivity index (χ4n) is 4.64. The van der Waals surface area contributed by atoms with Crippen LogP contribution >= 0.6 is 27.7 Å². The first-order chi connectivity index (χ1) is 20.8. The van der Waals surface area contributed by atoms with Crippen molar-refractivity contribution in [1.29, 1.82) is 0 Å². The molecule has 0 aliphatic heterocycles. The van der Waals surface area contributed by atoms with Crippen LogP contribution in [0.5, 0.6) is 0 Å². The summed E-state index contributed by atoms with van der Waals surface area (Å²) >= 11 is 5.76. The third kappa shape index (κ3) is 13.8. The Balaban J connectivity index is 3.19. The Bertz CT molecular complexity index is 1100. The Morgan fingerprint density at radius 3 is 2.02 bits per heavy atom. The van der Waals surface area contributed by atoms with Gasteiger partial charge in [-0.1, -0.05) is 115 Å². The molecular formula is C38H71BrO3SSi3. The van der Waals surface area contributed by atoms with Crippen molar-refractivity contribution in [3.05, 3.63) is 34.9 Å². The van der Waals surface area contributed by atoms with Crippen molar-refractivity contribution in [1.82, 2.24) is 0 Å². The average Bonchev–Trinajstić information content (AvgIpc) is 3.15. The second-order valence-corrected chi connectivity index (χ2v) is 34.2. The maximum Gasteiger partial charge on any atom is 0.194 e. The molecule has 0 N–H and O–H groups in total. The van der Waals surface area contributed by atoms with Gasteiger partial charge < -0.3 is 13.3 Å². The molecule has 0 amide bonds. The number of halogens is 1. The Morgan fingerprint density at radius 1 is 0.935 bits per heavy atom.